The summed E-state index contributed by atoms with van der Waals surface area (Å²) in [6.45, 7) is 8.46. The Bertz CT molecular complexity index is 372. The zero-order chi connectivity index (χ0) is 16.1. The number of nitrogens with one attached hydrogen (secondary N) is 1. The van der Waals surface area contributed by atoms with E-state index in [1.54, 1.807) is 0 Å². The molecule has 120 valence electrons. The van der Waals surface area contributed by atoms with Gasteiger partial charge in [0.2, 0.25) is 5.91 Å². The molecule has 4 heteroatoms. The van der Waals surface area contributed by atoms with Crippen LogP contribution in [0.4, 0.5) is 0 Å². The summed E-state index contributed by atoms with van der Waals surface area (Å²) in [6, 6.07) is 0. The fourth-order valence-electron chi connectivity index (χ4n) is 1.67. The number of amides is 1. The Morgan fingerprint density at radius 2 is 1.95 bits per heavy atom. The lowest BCUT2D eigenvalue weighted by Gasteiger charge is -2.07. The second-order valence-corrected chi connectivity index (χ2v) is 5.00. The molecular formula is C17H29NO3. The highest BCUT2D eigenvalue weighted by Gasteiger charge is 2.09. The van der Waals surface area contributed by atoms with Gasteiger partial charge in [-0.15, -0.1) is 0 Å². The van der Waals surface area contributed by atoms with Gasteiger partial charge in [0.05, 0.1) is 6.61 Å². The van der Waals surface area contributed by atoms with Gasteiger partial charge in [-0.2, -0.15) is 0 Å². The van der Waals surface area contributed by atoms with Crippen LogP contribution in [-0.4, -0.2) is 25.0 Å². The lowest BCUT2D eigenvalue weighted by molar-refractivity contribution is -0.143. The standard InChI is InChI=1S/C17H29NO3/c1-5-10-15(7-3)17(20)18-13-16(19)21-12-9-8-11-14(4)6-2/h8,10-11,14H,5-7,9,12-13H2,1-4H3,(H,18,20). The van der Waals surface area contributed by atoms with Crippen molar-refractivity contribution in [2.24, 2.45) is 5.92 Å². The average Bonchev–Trinajstić information content (AvgIpc) is 2.49. The molecule has 0 saturated carbocycles. The van der Waals surface area contributed by atoms with Crippen LogP contribution in [0.25, 0.3) is 0 Å². The Morgan fingerprint density at radius 1 is 1.24 bits per heavy atom. The van der Waals surface area contributed by atoms with Crippen LogP contribution >= 0.6 is 0 Å². The van der Waals surface area contributed by atoms with Crippen LogP contribution in [-0.2, 0) is 14.3 Å². The third-order valence-corrected chi connectivity index (χ3v) is 3.17. The van der Waals surface area contributed by atoms with Gasteiger partial charge in [-0.1, -0.05) is 52.3 Å². The van der Waals surface area contributed by atoms with Gasteiger partial charge >= 0.3 is 5.97 Å². The molecule has 0 fully saturated rings. The van der Waals surface area contributed by atoms with E-state index in [2.05, 4.69) is 25.2 Å². The van der Waals surface area contributed by atoms with E-state index in [-0.39, 0.29) is 12.5 Å². The molecule has 0 rings (SSSR count). The summed E-state index contributed by atoms with van der Waals surface area (Å²) in [5.74, 6) is -0.0296. The van der Waals surface area contributed by atoms with Gasteiger partial charge < -0.3 is 10.1 Å². The van der Waals surface area contributed by atoms with Crippen LogP contribution in [0, 0.1) is 5.92 Å². The quantitative estimate of drug-likeness (QED) is 0.291. The van der Waals surface area contributed by atoms with Gasteiger partial charge in [0, 0.05) is 5.57 Å². The SMILES string of the molecule is CCC=C(CC)C(=O)NCC(=O)OCCC=CC(C)CC. The van der Waals surface area contributed by atoms with Gasteiger partial charge in [-0.05, 0) is 25.2 Å². The number of rotatable bonds is 10. The maximum atomic E-state index is 11.8. The molecular weight excluding hydrogens is 266 g/mol. The minimum absolute atomic E-state index is 0.0744. The molecule has 0 heterocycles. The van der Waals surface area contributed by atoms with Crippen molar-refractivity contribution >= 4 is 11.9 Å². The fraction of sp³-hybridized carbons (Fsp3) is 0.647. The van der Waals surface area contributed by atoms with E-state index in [0.717, 1.165) is 12.8 Å². The van der Waals surface area contributed by atoms with Gasteiger partial charge in [-0.3, -0.25) is 9.59 Å². The molecule has 0 radical (unpaired) electrons. The second-order valence-electron chi connectivity index (χ2n) is 5.00. The van der Waals surface area contributed by atoms with Gasteiger partial charge in [-0.25, -0.2) is 0 Å². The number of allylic oxidation sites excluding steroid dienone is 2. The van der Waals surface area contributed by atoms with E-state index < -0.39 is 5.97 Å². The van der Waals surface area contributed by atoms with E-state index in [0.29, 0.717) is 30.9 Å². The monoisotopic (exact) mass is 295 g/mol. The van der Waals surface area contributed by atoms with E-state index in [1.165, 1.54) is 0 Å². The van der Waals surface area contributed by atoms with Crippen molar-refractivity contribution in [3.63, 3.8) is 0 Å². The highest BCUT2D eigenvalue weighted by Crippen LogP contribution is 2.03. The Balaban J connectivity index is 3.88. The average molecular weight is 295 g/mol. The Kier molecular flexibility index (Phi) is 11.3. The van der Waals surface area contributed by atoms with Crippen LogP contribution in [0.15, 0.2) is 23.8 Å². The first-order valence-electron chi connectivity index (χ1n) is 7.84. The number of esters is 1. The summed E-state index contributed by atoms with van der Waals surface area (Å²) < 4.78 is 5.06. The van der Waals surface area contributed by atoms with Gasteiger partial charge in [0.25, 0.3) is 0 Å². The molecule has 0 bridgehead atoms. The van der Waals surface area contributed by atoms with Gasteiger partial charge in [0.1, 0.15) is 6.54 Å². The molecule has 0 aromatic heterocycles. The minimum Gasteiger partial charge on any atom is -0.464 e. The summed E-state index contributed by atoms with van der Waals surface area (Å²) in [6.07, 6.45) is 9.31. The van der Waals surface area contributed by atoms with Gasteiger partial charge in [0.15, 0.2) is 0 Å². The number of hydrogen-bond donors (Lipinski definition) is 1. The van der Waals surface area contributed by atoms with Crippen molar-refractivity contribution in [2.75, 3.05) is 13.2 Å². The molecule has 1 unspecified atom stereocenters. The number of ether oxygens (including phenoxy) is 1. The van der Waals surface area contributed by atoms with E-state index in [1.807, 2.05) is 26.0 Å². The summed E-state index contributed by atoms with van der Waals surface area (Å²) in [7, 11) is 0. The lowest BCUT2D eigenvalue weighted by atomic mass is 10.1. The Hall–Kier alpha value is -1.58. The number of carbonyl (C=O) groups excluding carboxylic acids is 2. The Labute approximate surface area is 128 Å². The highest BCUT2D eigenvalue weighted by molar-refractivity contribution is 5.95. The zero-order valence-electron chi connectivity index (χ0n) is 13.8. The van der Waals surface area contributed by atoms with Crippen LogP contribution in [0.3, 0.4) is 0 Å². The molecule has 1 N–H and O–H groups in total. The highest BCUT2D eigenvalue weighted by atomic mass is 16.5. The summed E-state index contributed by atoms with van der Waals surface area (Å²) in [5.41, 5.74) is 0.710. The van der Waals surface area contributed by atoms with Crippen LogP contribution < -0.4 is 5.32 Å². The smallest absolute Gasteiger partial charge is 0.325 e. The van der Waals surface area contributed by atoms with E-state index in [9.17, 15) is 9.59 Å². The normalized spacial score (nSPS) is 13.2. The first-order chi connectivity index (χ1) is 10.0. The van der Waals surface area contributed by atoms with Crippen LogP contribution in [0.5, 0.6) is 0 Å². The van der Waals surface area contributed by atoms with E-state index in [4.69, 9.17) is 4.74 Å². The largest absolute Gasteiger partial charge is 0.464 e. The fourth-order valence-corrected chi connectivity index (χ4v) is 1.67. The summed E-state index contributed by atoms with van der Waals surface area (Å²) >= 11 is 0. The molecule has 1 atom stereocenters. The summed E-state index contributed by atoms with van der Waals surface area (Å²) in [4.78, 5) is 23.2. The minimum atomic E-state index is -0.396. The number of carbonyl (C=O) groups is 2. The third-order valence-electron chi connectivity index (χ3n) is 3.17. The molecule has 21 heavy (non-hydrogen) atoms. The molecule has 0 aliphatic carbocycles. The maximum absolute atomic E-state index is 11.8. The Morgan fingerprint density at radius 3 is 2.52 bits per heavy atom. The molecule has 0 aliphatic heterocycles. The zero-order valence-corrected chi connectivity index (χ0v) is 13.8. The molecule has 0 saturated heterocycles. The third kappa shape index (κ3) is 9.88. The first kappa shape index (κ1) is 19.4. The van der Waals surface area contributed by atoms with Crippen molar-refractivity contribution in [1.29, 1.82) is 0 Å². The van der Waals surface area contributed by atoms with Crippen molar-refractivity contribution in [3.8, 4) is 0 Å². The van der Waals surface area contributed by atoms with Crippen molar-refractivity contribution in [3.05, 3.63) is 23.8 Å². The predicted octanol–water partition coefficient (Wildman–Crippen LogP) is 3.38. The molecule has 0 aromatic carbocycles. The van der Waals surface area contributed by atoms with E-state index >= 15 is 0 Å². The maximum Gasteiger partial charge on any atom is 0.325 e. The van der Waals surface area contributed by atoms with Crippen molar-refractivity contribution < 1.29 is 14.3 Å². The number of hydrogen-bond acceptors (Lipinski definition) is 3. The topological polar surface area (TPSA) is 55.4 Å². The molecule has 0 aromatic rings. The van der Waals surface area contributed by atoms with Crippen LogP contribution in [0.1, 0.15) is 53.4 Å². The lowest BCUT2D eigenvalue weighted by Crippen LogP contribution is -2.31. The predicted molar refractivity (Wildman–Crippen MR) is 85.8 cm³/mol. The van der Waals surface area contributed by atoms with Crippen molar-refractivity contribution in [1.82, 2.24) is 5.32 Å². The van der Waals surface area contributed by atoms with Crippen LogP contribution in [0.2, 0.25) is 0 Å². The molecule has 1 amide bonds. The molecule has 0 aliphatic rings. The first-order valence-corrected chi connectivity index (χ1v) is 7.84. The van der Waals surface area contributed by atoms with Crippen molar-refractivity contribution in [2.45, 2.75) is 53.4 Å². The summed E-state index contributed by atoms with van der Waals surface area (Å²) in [5, 5.41) is 2.59. The second kappa shape index (κ2) is 12.2. The molecule has 4 nitrogen and oxygen atoms in total. The molecule has 0 spiro atoms.